The summed E-state index contributed by atoms with van der Waals surface area (Å²) in [4.78, 5) is 10.9. The van der Waals surface area contributed by atoms with Crippen molar-refractivity contribution in [2.75, 3.05) is 0 Å². The molecule has 0 aliphatic carbocycles. The largest absolute Gasteiger partial charge is 0.389 e. The highest BCUT2D eigenvalue weighted by atomic mass is 19.3. The predicted molar refractivity (Wildman–Crippen MR) is 65.3 cm³/mol. The van der Waals surface area contributed by atoms with Crippen LogP contribution in [0.3, 0.4) is 0 Å². The van der Waals surface area contributed by atoms with Gasteiger partial charge in [0.15, 0.2) is 0 Å². The Morgan fingerprint density at radius 2 is 2.28 bits per heavy atom. The van der Waals surface area contributed by atoms with E-state index in [1.165, 1.54) is 12.2 Å². The van der Waals surface area contributed by atoms with Crippen LogP contribution in [0.5, 0.6) is 0 Å². The summed E-state index contributed by atoms with van der Waals surface area (Å²) in [5, 5.41) is 12.0. The first-order chi connectivity index (χ1) is 8.36. The zero-order valence-corrected chi connectivity index (χ0v) is 10.8. The highest BCUT2D eigenvalue weighted by Gasteiger charge is 2.47. The van der Waals surface area contributed by atoms with Crippen molar-refractivity contribution in [2.45, 2.75) is 57.6 Å². The van der Waals surface area contributed by atoms with E-state index in [-0.39, 0.29) is 5.92 Å². The average molecular weight is 261 g/mol. The third-order valence-corrected chi connectivity index (χ3v) is 3.26. The lowest BCUT2D eigenvalue weighted by Gasteiger charge is -2.15. The van der Waals surface area contributed by atoms with Gasteiger partial charge in [0.25, 0.3) is 5.91 Å². The maximum absolute atomic E-state index is 12.9. The van der Waals surface area contributed by atoms with E-state index in [2.05, 4.69) is 12.2 Å². The molecule has 0 radical (unpaired) electrons. The molecule has 0 aromatic rings. The van der Waals surface area contributed by atoms with Crippen LogP contribution in [0.4, 0.5) is 8.78 Å². The smallest absolute Gasteiger partial charge is 0.326 e. The summed E-state index contributed by atoms with van der Waals surface area (Å²) in [6, 6.07) is -0.680. The molecular formula is C13H21F2NO2. The van der Waals surface area contributed by atoms with Gasteiger partial charge in [-0.2, -0.15) is 8.78 Å². The van der Waals surface area contributed by atoms with Crippen molar-refractivity contribution in [3.8, 4) is 0 Å². The molecule has 104 valence electrons. The number of unbranched alkanes of at least 4 members (excludes halogenated alkanes) is 1. The maximum atomic E-state index is 12.9. The van der Waals surface area contributed by atoms with E-state index in [1.54, 1.807) is 0 Å². The summed E-state index contributed by atoms with van der Waals surface area (Å²) in [5.74, 6) is -4.42. The van der Waals surface area contributed by atoms with Crippen molar-refractivity contribution in [3.63, 3.8) is 0 Å². The van der Waals surface area contributed by atoms with Gasteiger partial charge in [0.1, 0.15) is 0 Å². The topological polar surface area (TPSA) is 49.3 Å². The molecule has 0 bridgehead atoms. The molecule has 1 fully saturated rings. The number of hydrogen-bond donors (Lipinski definition) is 2. The van der Waals surface area contributed by atoms with Crippen molar-refractivity contribution < 1.29 is 18.7 Å². The molecule has 1 saturated heterocycles. The highest BCUT2D eigenvalue weighted by Crippen LogP contribution is 2.27. The van der Waals surface area contributed by atoms with Crippen LogP contribution in [-0.4, -0.2) is 29.1 Å². The minimum absolute atomic E-state index is 0.0961. The van der Waals surface area contributed by atoms with E-state index in [1.807, 2.05) is 6.92 Å². The summed E-state index contributed by atoms with van der Waals surface area (Å²) in [6.45, 7) is 4.00. The standard InChI is InChI=1S/C13H21F2NO2/c1-3-4-5-9(2)11(17)7-6-10-8-13(14,15)12(18)16-10/h6-7,9-11,17H,3-5,8H2,1-2H3,(H,16,18)/b7-6+/t9-,10-,11+/m0/s1. The molecule has 0 unspecified atom stereocenters. The van der Waals surface area contributed by atoms with Crippen molar-refractivity contribution >= 4 is 5.91 Å². The summed E-state index contributed by atoms with van der Waals surface area (Å²) < 4.78 is 25.9. The molecule has 0 aromatic carbocycles. The van der Waals surface area contributed by atoms with Gasteiger partial charge in [-0.05, 0) is 12.3 Å². The van der Waals surface area contributed by atoms with Crippen LogP contribution in [0, 0.1) is 5.92 Å². The van der Waals surface area contributed by atoms with Gasteiger partial charge in [0.2, 0.25) is 0 Å². The monoisotopic (exact) mass is 261 g/mol. The van der Waals surface area contributed by atoms with Crippen LogP contribution in [-0.2, 0) is 4.79 Å². The number of alkyl halides is 2. The Labute approximate surface area is 106 Å². The Bertz CT molecular complexity index is 318. The summed E-state index contributed by atoms with van der Waals surface area (Å²) >= 11 is 0. The molecule has 2 N–H and O–H groups in total. The molecule has 1 aliphatic heterocycles. The number of amides is 1. The maximum Gasteiger partial charge on any atom is 0.326 e. The molecule has 3 nitrogen and oxygen atoms in total. The Balaban J connectivity index is 2.43. The second kappa shape index (κ2) is 6.27. The third kappa shape index (κ3) is 4.05. The molecule has 0 saturated carbocycles. The number of aliphatic hydroxyl groups is 1. The van der Waals surface area contributed by atoms with Crippen LogP contribution < -0.4 is 5.32 Å². The fraction of sp³-hybridized carbons (Fsp3) is 0.769. The number of hydrogen-bond acceptors (Lipinski definition) is 2. The van der Waals surface area contributed by atoms with E-state index >= 15 is 0 Å². The lowest BCUT2D eigenvalue weighted by atomic mass is 9.97. The van der Waals surface area contributed by atoms with Crippen LogP contribution in [0.2, 0.25) is 0 Å². The normalized spacial score (nSPS) is 26.3. The molecule has 1 heterocycles. The number of rotatable bonds is 6. The molecule has 5 heteroatoms. The number of carbonyl (C=O) groups is 1. The Hall–Kier alpha value is -0.970. The van der Waals surface area contributed by atoms with Gasteiger partial charge < -0.3 is 10.4 Å². The lowest BCUT2D eigenvalue weighted by molar-refractivity contribution is -0.139. The predicted octanol–water partition coefficient (Wildman–Crippen LogP) is 2.25. The average Bonchev–Trinajstić information content (AvgIpc) is 2.57. The van der Waals surface area contributed by atoms with E-state index in [4.69, 9.17) is 0 Å². The summed E-state index contributed by atoms with van der Waals surface area (Å²) in [7, 11) is 0. The molecule has 0 aromatic heterocycles. The molecule has 1 amide bonds. The zero-order chi connectivity index (χ0) is 13.8. The summed E-state index contributed by atoms with van der Waals surface area (Å²) in [6.07, 6.45) is 4.78. The van der Waals surface area contributed by atoms with Crippen LogP contribution in [0.1, 0.15) is 39.5 Å². The zero-order valence-electron chi connectivity index (χ0n) is 10.8. The van der Waals surface area contributed by atoms with Crippen molar-refractivity contribution in [2.24, 2.45) is 5.92 Å². The molecule has 0 spiro atoms. The fourth-order valence-electron chi connectivity index (χ4n) is 1.94. The third-order valence-electron chi connectivity index (χ3n) is 3.26. The molecule has 1 aliphatic rings. The van der Waals surface area contributed by atoms with Gasteiger partial charge in [-0.25, -0.2) is 0 Å². The lowest BCUT2D eigenvalue weighted by Crippen LogP contribution is -2.30. The van der Waals surface area contributed by atoms with Crippen LogP contribution in [0.15, 0.2) is 12.2 Å². The van der Waals surface area contributed by atoms with E-state index in [0.29, 0.717) is 0 Å². The quantitative estimate of drug-likeness (QED) is 0.720. The van der Waals surface area contributed by atoms with E-state index < -0.39 is 30.4 Å². The Morgan fingerprint density at radius 1 is 1.61 bits per heavy atom. The van der Waals surface area contributed by atoms with Gasteiger partial charge in [0.05, 0.1) is 12.1 Å². The minimum Gasteiger partial charge on any atom is -0.389 e. The number of halogens is 2. The minimum atomic E-state index is -3.28. The van der Waals surface area contributed by atoms with E-state index in [9.17, 15) is 18.7 Å². The SMILES string of the molecule is CCCC[C@H](C)[C@H](O)/C=C/[C@H]1CC(F)(F)C(=O)N1. The van der Waals surface area contributed by atoms with Gasteiger partial charge in [0, 0.05) is 6.42 Å². The molecular weight excluding hydrogens is 240 g/mol. The Kier molecular flexibility index (Phi) is 5.26. The van der Waals surface area contributed by atoms with Gasteiger partial charge >= 0.3 is 5.92 Å². The molecule has 3 atom stereocenters. The fourth-order valence-corrected chi connectivity index (χ4v) is 1.94. The summed E-state index contributed by atoms with van der Waals surface area (Å²) in [5.41, 5.74) is 0. The Morgan fingerprint density at radius 3 is 2.78 bits per heavy atom. The van der Waals surface area contributed by atoms with Crippen molar-refractivity contribution in [1.82, 2.24) is 5.32 Å². The molecule has 1 rings (SSSR count). The first-order valence-electron chi connectivity index (χ1n) is 6.42. The van der Waals surface area contributed by atoms with E-state index in [0.717, 1.165) is 19.3 Å². The second-order valence-corrected chi connectivity index (χ2v) is 4.98. The first-order valence-corrected chi connectivity index (χ1v) is 6.42. The number of nitrogens with one attached hydrogen (secondary N) is 1. The number of carbonyl (C=O) groups excluding carboxylic acids is 1. The van der Waals surface area contributed by atoms with Crippen LogP contribution >= 0.6 is 0 Å². The van der Waals surface area contributed by atoms with Gasteiger partial charge in [-0.1, -0.05) is 38.8 Å². The second-order valence-electron chi connectivity index (χ2n) is 4.98. The van der Waals surface area contributed by atoms with Crippen molar-refractivity contribution in [1.29, 1.82) is 0 Å². The van der Waals surface area contributed by atoms with Crippen molar-refractivity contribution in [3.05, 3.63) is 12.2 Å². The van der Waals surface area contributed by atoms with Gasteiger partial charge in [-0.15, -0.1) is 0 Å². The van der Waals surface area contributed by atoms with Crippen LogP contribution in [0.25, 0.3) is 0 Å². The molecule has 18 heavy (non-hydrogen) atoms. The first kappa shape index (κ1) is 15.1. The van der Waals surface area contributed by atoms with Gasteiger partial charge in [-0.3, -0.25) is 4.79 Å². The number of aliphatic hydroxyl groups excluding tert-OH is 1. The highest BCUT2D eigenvalue weighted by molar-refractivity contribution is 5.86.